The Balaban J connectivity index is 2.09. The van der Waals surface area contributed by atoms with Gasteiger partial charge in [0.1, 0.15) is 5.82 Å². The van der Waals surface area contributed by atoms with Gasteiger partial charge in [-0.3, -0.25) is 0 Å². The highest BCUT2D eigenvalue weighted by molar-refractivity contribution is 9.10. The quantitative estimate of drug-likeness (QED) is 0.527. The number of nitrogens with zero attached hydrogens (tertiary/aromatic N) is 1. The van der Waals surface area contributed by atoms with Crippen molar-refractivity contribution in [1.82, 2.24) is 4.57 Å². The van der Waals surface area contributed by atoms with Gasteiger partial charge in [0.25, 0.3) is 0 Å². The van der Waals surface area contributed by atoms with E-state index in [-0.39, 0.29) is 5.82 Å². The largest absolute Gasteiger partial charge is 0.343 e. The first kappa shape index (κ1) is 13.9. The summed E-state index contributed by atoms with van der Waals surface area (Å²) in [6, 6.07) is 10.5. The molecule has 5 heteroatoms. The van der Waals surface area contributed by atoms with Crippen molar-refractivity contribution in [1.29, 1.82) is 0 Å². The summed E-state index contributed by atoms with van der Waals surface area (Å²) in [6.07, 6.45) is 1.92. The number of fused-ring (bicyclic) bond motifs is 1. The lowest BCUT2D eigenvalue weighted by Crippen LogP contribution is -1.99. The number of benzene rings is 2. The second-order valence-electron chi connectivity index (χ2n) is 4.48. The van der Waals surface area contributed by atoms with Crippen LogP contribution in [-0.2, 0) is 6.54 Å². The highest BCUT2D eigenvalue weighted by atomic mass is 79.9. The topological polar surface area (TPSA) is 4.93 Å². The Labute approximate surface area is 134 Å². The van der Waals surface area contributed by atoms with E-state index in [0.29, 0.717) is 21.1 Å². The number of halogens is 4. The fourth-order valence-electron chi connectivity index (χ4n) is 2.21. The SMILES string of the molecule is Fc1cccc(Cn2ccc3c(Cl)cc(Cl)cc32)c1Br. The van der Waals surface area contributed by atoms with E-state index >= 15 is 0 Å². The highest BCUT2D eigenvalue weighted by Crippen LogP contribution is 2.30. The van der Waals surface area contributed by atoms with Gasteiger partial charge in [0, 0.05) is 23.2 Å². The first-order valence-electron chi connectivity index (χ1n) is 5.93. The van der Waals surface area contributed by atoms with Crippen LogP contribution in [0.15, 0.2) is 47.1 Å². The fourth-order valence-corrected chi connectivity index (χ4v) is 3.15. The second-order valence-corrected chi connectivity index (χ2v) is 6.11. The van der Waals surface area contributed by atoms with Crippen molar-refractivity contribution >= 4 is 50.0 Å². The van der Waals surface area contributed by atoms with Crippen molar-refractivity contribution in [3.8, 4) is 0 Å². The second kappa shape index (κ2) is 5.40. The zero-order valence-electron chi connectivity index (χ0n) is 10.2. The molecule has 20 heavy (non-hydrogen) atoms. The molecule has 1 heterocycles. The lowest BCUT2D eigenvalue weighted by Gasteiger charge is -2.09. The fraction of sp³-hybridized carbons (Fsp3) is 0.0667. The maximum atomic E-state index is 13.6. The highest BCUT2D eigenvalue weighted by Gasteiger charge is 2.10. The van der Waals surface area contributed by atoms with Crippen molar-refractivity contribution < 1.29 is 4.39 Å². The van der Waals surface area contributed by atoms with Crippen LogP contribution in [0.2, 0.25) is 10.0 Å². The third-order valence-electron chi connectivity index (χ3n) is 3.18. The first-order chi connectivity index (χ1) is 9.56. The molecule has 0 spiro atoms. The minimum Gasteiger partial charge on any atom is -0.343 e. The van der Waals surface area contributed by atoms with Crippen LogP contribution >= 0.6 is 39.1 Å². The molecular weight excluding hydrogens is 364 g/mol. The molecule has 0 aliphatic rings. The zero-order valence-corrected chi connectivity index (χ0v) is 13.3. The van der Waals surface area contributed by atoms with Gasteiger partial charge in [-0.15, -0.1) is 0 Å². The summed E-state index contributed by atoms with van der Waals surface area (Å²) < 4.78 is 16.0. The molecule has 0 N–H and O–H groups in total. The average Bonchev–Trinajstić information content (AvgIpc) is 2.78. The van der Waals surface area contributed by atoms with Gasteiger partial charge in [-0.05, 0) is 45.8 Å². The van der Waals surface area contributed by atoms with Crippen molar-refractivity contribution in [2.24, 2.45) is 0 Å². The van der Waals surface area contributed by atoms with Crippen molar-refractivity contribution in [3.63, 3.8) is 0 Å². The molecule has 0 saturated carbocycles. The third-order valence-corrected chi connectivity index (χ3v) is 4.59. The molecule has 0 aliphatic carbocycles. The average molecular weight is 373 g/mol. The molecule has 3 rings (SSSR count). The summed E-state index contributed by atoms with van der Waals surface area (Å²) in [5.74, 6) is -0.268. The predicted molar refractivity (Wildman–Crippen MR) is 85.2 cm³/mol. The Morgan fingerprint density at radius 2 is 1.95 bits per heavy atom. The van der Waals surface area contributed by atoms with Gasteiger partial charge >= 0.3 is 0 Å². The lowest BCUT2D eigenvalue weighted by atomic mass is 10.2. The van der Waals surface area contributed by atoms with Crippen LogP contribution in [0.5, 0.6) is 0 Å². The molecule has 0 aliphatic heterocycles. The predicted octanol–water partition coefficient (Wildman–Crippen LogP) is 5.90. The number of rotatable bonds is 2. The number of hydrogen-bond acceptors (Lipinski definition) is 0. The van der Waals surface area contributed by atoms with E-state index in [1.165, 1.54) is 6.07 Å². The summed E-state index contributed by atoms with van der Waals surface area (Å²) in [6.45, 7) is 0.540. The van der Waals surface area contributed by atoms with Gasteiger partial charge in [0.15, 0.2) is 0 Å². The summed E-state index contributed by atoms with van der Waals surface area (Å²) >= 11 is 15.5. The van der Waals surface area contributed by atoms with Gasteiger partial charge in [-0.1, -0.05) is 35.3 Å². The molecule has 1 aromatic heterocycles. The van der Waals surface area contributed by atoms with Gasteiger partial charge in [-0.2, -0.15) is 0 Å². The molecule has 102 valence electrons. The van der Waals surface area contributed by atoms with Gasteiger partial charge in [0.05, 0.1) is 15.0 Å². The summed E-state index contributed by atoms with van der Waals surface area (Å²) in [5.41, 5.74) is 1.79. The summed E-state index contributed by atoms with van der Waals surface area (Å²) in [7, 11) is 0. The van der Waals surface area contributed by atoms with Gasteiger partial charge in [0.2, 0.25) is 0 Å². The van der Waals surface area contributed by atoms with Crippen molar-refractivity contribution in [3.05, 3.63) is 68.5 Å². The molecular formula is C15H9BrCl2FN. The maximum absolute atomic E-state index is 13.6. The van der Waals surface area contributed by atoms with Crippen LogP contribution in [0, 0.1) is 5.82 Å². The van der Waals surface area contributed by atoms with Crippen molar-refractivity contribution in [2.75, 3.05) is 0 Å². The summed E-state index contributed by atoms with van der Waals surface area (Å²) in [4.78, 5) is 0. The van der Waals surface area contributed by atoms with E-state index in [0.717, 1.165) is 16.5 Å². The van der Waals surface area contributed by atoms with Gasteiger partial charge < -0.3 is 4.57 Å². The van der Waals surface area contributed by atoms with Crippen LogP contribution < -0.4 is 0 Å². The van der Waals surface area contributed by atoms with Crippen molar-refractivity contribution in [2.45, 2.75) is 6.54 Å². The van der Waals surface area contributed by atoms with E-state index in [9.17, 15) is 4.39 Å². The minimum atomic E-state index is -0.268. The Morgan fingerprint density at radius 3 is 2.75 bits per heavy atom. The minimum absolute atomic E-state index is 0.268. The van der Waals surface area contributed by atoms with Crippen LogP contribution in [0.1, 0.15) is 5.56 Å². The Hall–Kier alpha value is -1.03. The molecule has 0 fully saturated rings. The Bertz CT molecular complexity index is 798. The molecule has 0 radical (unpaired) electrons. The molecule has 1 nitrogen and oxygen atoms in total. The van der Waals surface area contributed by atoms with Gasteiger partial charge in [-0.25, -0.2) is 4.39 Å². The maximum Gasteiger partial charge on any atom is 0.137 e. The van der Waals surface area contributed by atoms with Crippen LogP contribution in [0.3, 0.4) is 0 Å². The molecule has 0 bridgehead atoms. The smallest absolute Gasteiger partial charge is 0.137 e. The molecule has 0 saturated heterocycles. The van der Waals surface area contributed by atoms with E-state index in [4.69, 9.17) is 23.2 Å². The normalized spacial score (nSPS) is 11.2. The van der Waals surface area contributed by atoms with Crippen LogP contribution in [0.25, 0.3) is 10.9 Å². The molecule has 0 unspecified atom stereocenters. The number of aromatic nitrogens is 1. The van der Waals surface area contributed by atoms with E-state index in [1.807, 2.05) is 29.0 Å². The Kier molecular flexibility index (Phi) is 3.76. The van der Waals surface area contributed by atoms with E-state index in [1.54, 1.807) is 12.1 Å². The van der Waals surface area contributed by atoms with E-state index in [2.05, 4.69) is 15.9 Å². The third kappa shape index (κ3) is 2.46. The van der Waals surface area contributed by atoms with E-state index < -0.39 is 0 Å². The first-order valence-corrected chi connectivity index (χ1v) is 7.48. The molecule has 0 amide bonds. The summed E-state index contributed by atoms with van der Waals surface area (Å²) in [5, 5.41) is 2.13. The molecule has 2 aromatic carbocycles. The molecule has 3 aromatic rings. The Morgan fingerprint density at radius 1 is 1.15 bits per heavy atom. The monoisotopic (exact) mass is 371 g/mol. The number of hydrogen-bond donors (Lipinski definition) is 0. The van der Waals surface area contributed by atoms with Crippen LogP contribution in [-0.4, -0.2) is 4.57 Å². The molecule has 0 atom stereocenters. The lowest BCUT2D eigenvalue weighted by molar-refractivity contribution is 0.616. The zero-order chi connectivity index (χ0) is 14.3. The van der Waals surface area contributed by atoms with Crippen LogP contribution in [0.4, 0.5) is 4.39 Å². The standard InChI is InChI=1S/C15H9BrCl2FN/c16-15-9(2-1-3-13(15)19)8-20-5-4-11-12(18)6-10(17)7-14(11)20/h1-7H,8H2.